The van der Waals surface area contributed by atoms with E-state index in [-0.39, 0.29) is 73.8 Å². The van der Waals surface area contributed by atoms with Crippen LogP contribution in [-0.4, -0.2) is 74.5 Å². The van der Waals surface area contributed by atoms with Gasteiger partial charge in [-0.2, -0.15) is 0 Å². The third kappa shape index (κ3) is 12.0. The van der Waals surface area contributed by atoms with Gasteiger partial charge in [0.25, 0.3) is 0 Å². The van der Waals surface area contributed by atoms with Crippen molar-refractivity contribution < 1.29 is 36.8 Å². The van der Waals surface area contributed by atoms with E-state index in [9.17, 15) is 18.7 Å². The number of benzene rings is 2. The molecular formula is C32H48Cl4N4O8P2. The summed E-state index contributed by atoms with van der Waals surface area (Å²) >= 11 is 25.9. The average molecular weight is 821 g/mol. The summed E-state index contributed by atoms with van der Waals surface area (Å²) < 4.78 is 52.5. The molecule has 4 amide bonds. The van der Waals surface area contributed by atoms with Gasteiger partial charge in [0.2, 0.25) is 0 Å². The van der Waals surface area contributed by atoms with Crippen molar-refractivity contribution in [2.24, 2.45) is 0 Å². The molecule has 0 saturated carbocycles. The van der Waals surface area contributed by atoms with E-state index in [0.717, 1.165) is 0 Å². The molecule has 2 unspecified atom stereocenters. The van der Waals surface area contributed by atoms with Crippen molar-refractivity contribution in [2.45, 2.75) is 65.9 Å². The highest BCUT2D eigenvalue weighted by molar-refractivity contribution is 7.54. The zero-order chi connectivity index (χ0) is 37.5. The van der Waals surface area contributed by atoms with Crippen molar-refractivity contribution in [2.75, 3.05) is 52.6 Å². The zero-order valence-electron chi connectivity index (χ0n) is 29.3. The van der Waals surface area contributed by atoms with Crippen molar-refractivity contribution in [3.8, 4) is 0 Å². The van der Waals surface area contributed by atoms with Crippen molar-refractivity contribution in [1.29, 1.82) is 0 Å². The molecule has 2 aromatic rings. The van der Waals surface area contributed by atoms with Gasteiger partial charge in [-0.25, -0.2) is 9.59 Å². The van der Waals surface area contributed by atoms with Crippen LogP contribution in [0, 0.1) is 0 Å². The Morgan fingerprint density at radius 3 is 1.20 bits per heavy atom. The predicted octanol–water partition coefficient (Wildman–Crippen LogP) is 10.4. The van der Waals surface area contributed by atoms with Gasteiger partial charge in [-0.3, -0.25) is 9.13 Å². The number of amides is 4. The maximum Gasteiger partial charge on any atom is 0.357 e. The van der Waals surface area contributed by atoms with Gasteiger partial charge in [0.1, 0.15) is 0 Å². The van der Waals surface area contributed by atoms with Crippen molar-refractivity contribution >= 4 is 73.7 Å². The normalized spacial score (nSPS) is 13.1. The van der Waals surface area contributed by atoms with E-state index in [4.69, 9.17) is 64.5 Å². The Labute approximate surface area is 315 Å². The van der Waals surface area contributed by atoms with Gasteiger partial charge in [0.15, 0.2) is 11.6 Å². The lowest BCUT2D eigenvalue weighted by atomic mass is 10.2. The van der Waals surface area contributed by atoms with Crippen LogP contribution < -0.4 is 10.6 Å². The lowest BCUT2D eigenvalue weighted by Gasteiger charge is -2.40. The first kappa shape index (κ1) is 44.6. The maximum absolute atomic E-state index is 14.7. The molecule has 0 aliphatic rings. The molecule has 0 fully saturated rings. The van der Waals surface area contributed by atoms with Gasteiger partial charge in [0, 0.05) is 57.4 Å². The molecule has 0 bridgehead atoms. The summed E-state index contributed by atoms with van der Waals surface area (Å²) in [5.74, 6) is -2.79. The number of carbonyl (C=O) groups excluding carboxylic acids is 2. The Hall–Kier alpha value is -1.56. The minimum absolute atomic E-state index is 0.0159. The van der Waals surface area contributed by atoms with E-state index < -0.39 is 38.8 Å². The maximum atomic E-state index is 14.7. The van der Waals surface area contributed by atoms with E-state index in [0.29, 0.717) is 22.9 Å². The Morgan fingerprint density at radius 2 is 0.940 bits per heavy atom. The molecule has 2 aromatic carbocycles. The van der Waals surface area contributed by atoms with Crippen LogP contribution in [0.5, 0.6) is 0 Å². The van der Waals surface area contributed by atoms with Crippen LogP contribution >= 0.6 is 61.6 Å². The molecule has 0 aromatic heterocycles. The second-order valence-electron chi connectivity index (χ2n) is 10.7. The van der Waals surface area contributed by atoms with Crippen molar-refractivity contribution in [1.82, 2.24) is 20.4 Å². The quantitative estimate of drug-likeness (QED) is 0.119. The molecule has 50 heavy (non-hydrogen) atoms. The smallest absolute Gasteiger partial charge is 0.338 e. The van der Waals surface area contributed by atoms with Crippen molar-refractivity contribution in [3.63, 3.8) is 0 Å². The van der Waals surface area contributed by atoms with E-state index in [2.05, 4.69) is 10.6 Å². The van der Waals surface area contributed by atoms with E-state index in [1.54, 1.807) is 52.0 Å². The molecule has 18 heteroatoms. The van der Waals surface area contributed by atoms with Crippen LogP contribution in [0.2, 0.25) is 20.1 Å². The molecule has 0 heterocycles. The summed E-state index contributed by atoms with van der Waals surface area (Å²) in [5, 5.41) is 6.50. The Bertz CT molecular complexity index is 1380. The fraction of sp³-hybridized carbons (Fsp3) is 0.562. The van der Waals surface area contributed by atoms with Crippen LogP contribution in [0.4, 0.5) is 9.59 Å². The molecule has 0 aliphatic heterocycles. The molecule has 0 radical (unpaired) electrons. The van der Waals surface area contributed by atoms with Gasteiger partial charge in [-0.05, 0) is 64.8 Å². The third-order valence-electron chi connectivity index (χ3n) is 7.06. The number of nitrogens with one attached hydrogen (secondary N) is 2. The number of hydrogen-bond donors (Lipinski definition) is 2. The molecule has 282 valence electrons. The molecule has 0 spiro atoms. The van der Waals surface area contributed by atoms with Gasteiger partial charge in [-0.1, -0.05) is 72.4 Å². The van der Waals surface area contributed by atoms with Crippen LogP contribution in [-0.2, 0) is 27.2 Å². The largest absolute Gasteiger partial charge is 0.357 e. The summed E-state index contributed by atoms with van der Waals surface area (Å²) in [6, 6.07) is 7.80. The fourth-order valence-corrected chi connectivity index (χ4v) is 10.7. The monoisotopic (exact) mass is 818 g/mol. The summed E-state index contributed by atoms with van der Waals surface area (Å²) in [6.45, 7) is 10.2. The Morgan fingerprint density at radius 1 is 0.620 bits per heavy atom. The SMILES string of the molecule is CCCNC(=O)N(CCN(C(=O)NCCC)C(c1ccc(Cl)cc1Cl)P(=O)(OCC)OCC)C(c1ccc(Cl)cc1Cl)P(=O)(OCC)OCC. The minimum Gasteiger partial charge on any atom is -0.338 e. The summed E-state index contributed by atoms with van der Waals surface area (Å²) in [5.41, 5.74) is 0.475. The summed E-state index contributed by atoms with van der Waals surface area (Å²) in [7, 11) is -8.41. The van der Waals surface area contributed by atoms with Crippen molar-refractivity contribution in [3.05, 3.63) is 67.6 Å². The van der Waals surface area contributed by atoms with Crippen LogP contribution in [0.1, 0.15) is 77.1 Å². The van der Waals surface area contributed by atoms with E-state index in [1.807, 2.05) is 13.8 Å². The van der Waals surface area contributed by atoms with Gasteiger partial charge >= 0.3 is 27.3 Å². The molecule has 2 rings (SSSR count). The topological polar surface area (TPSA) is 136 Å². The predicted molar refractivity (Wildman–Crippen MR) is 201 cm³/mol. The molecule has 2 N–H and O–H groups in total. The minimum atomic E-state index is -4.21. The van der Waals surface area contributed by atoms with Crippen LogP contribution in [0.3, 0.4) is 0 Å². The number of halogens is 4. The van der Waals surface area contributed by atoms with Gasteiger partial charge < -0.3 is 38.5 Å². The first-order valence-electron chi connectivity index (χ1n) is 16.5. The van der Waals surface area contributed by atoms with Gasteiger partial charge in [0.05, 0.1) is 26.4 Å². The number of nitrogens with zero attached hydrogens (tertiary/aromatic N) is 2. The molecule has 0 saturated heterocycles. The number of rotatable bonds is 21. The highest BCUT2D eigenvalue weighted by atomic mass is 35.5. The van der Waals surface area contributed by atoms with Crippen LogP contribution in [0.25, 0.3) is 0 Å². The molecule has 12 nitrogen and oxygen atoms in total. The fourth-order valence-electron chi connectivity index (χ4n) is 5.07. The van der Waals surface area contributed by atoms with Crippen LogP contribution in [0.15, 0.2) is 36.4 Å². The second-order valence-corrected chi connectivity index (χ2v) is 16.5. The van der Waals surface area contributed by atoms with E-state index >= 15 is 0 Å². The summed E-state index contributed by atoms with van der Waals surface area (Å²) in [6.07, 6.45) is 1.18. The first-order valence-corrected chi connectivity index (χ1v) is 21.3. The first-order chi connectivity index (χ1) is 23.8. The lowest BCUT2D eigenvalue weighted by molar-refractivity contribution is 0.136. The number of carbonyl (C=O) groups is 2. The Kier molecular flexibility index (Phi) is 19.5. The second kappa shape index (κ2) is 21.8. The highest BCUT2D eigenvalue weighted by Gasteiger charge is 2.47. The highest BCUT2D eigenvalue weighted by Crippen LogP contribution is 2.65. The average Bonchev–Trinajstić information content (AvgIpc) is 3.05. The third-order valence-corrected chi connectivity index (χ3v) is 13.0. The zero-order valence-corrected chi connectivity index (χ0v) is 34.1. The Balaban J connectivity index is 2.91. The van der Waals surface area contributed by atoms with Gasteiger partial charge in [-0.15, -0.1) is 0 Å². The number of urea groups is 2. The van der Waals surface area contributed by atoms with E-state index in [1.165, 1.54) is 21.9 Å². The molecule has 0 aliphatic carbocycles. The lowest BCUT2D eigenvalue weighted by Crippen LogP contribution is -2.50. The molecule has 2 atom stereocenters. The molecular weight excluding hydrogens is 772 g/mol. The summed E-state index contributed by atoms with van der Waals surface area (Å²) in [4.78, 5) is 30.7. The number of hydrogen-bond acceptors (Lipinski definition) is 8. The standard InChI is InChI=1S/C32H48Cl4N4O8P2/c1-7-17-37-31(41)39(29(49(43,45-9-3)46-10-4)25-15-13-23(33)21-27(25)35)19-20-40(32(42)38-18-8-2)30(50(44,47-11-5)48-12-6)26-16-14-24(34)22-28(26)36/h13-16,21-22,29-30H,7-12,17-20H2,1-6H3,(H,37,41)(H,38,42).